The molecule has 0 spiro atoms. The lowest BCUT2D eigenvalue weighted by Gasteiger charge is -2.44. The molecule has 0 amide bonds. The fourth-order valence-electron chi connectivity index (χ4n) is 3.85. The Morgan fingerprint density at radius 1 is 1.10 bits per heavy atom. The average molecular weight is 300 g/mol. The molecule has 1 aliphatic carbocycles. The van der Waals surface area contributed by atoms with Crippen LogP contribution in [0.3, 0.4) is 0 Å². The fraction of sp³-hybridized carbons (Fsp3) is 0.444. The molecule has 0 aliphatic heterocycles. The van der Waals surface area contributed by atoms with Crippen molar-refractivity contribution in [3.63, 3.8) is 0 Å². The first-order valence-corrected chi connectivity index (χ1v) is 8.82. The third kappa shape index (κ3) is 3.05. The van der Waals surface area contributed by atoms with Gasteiger partial charge in [-0.15, -0.1) is 0 Å². The molecule has 2 aromatic rings. The summed E-state index contributed by atoms with van der Waals surface area (Å²) < 4.78 is 0. The van der Waals surface area contributed by atoms with Crippen molar-refractivity contribution in [3.05, 3.63) is 58.3 Å². The van der Waals surface area contributed by atoms with Gasteiger partial charge in [-0.3, -0.25) is 11.3 Å². The molecule has 1 aromatic carbocycles. The SMILES string of the molecule is NNC(Cc1ccsc1)C1(c2ccccc2)CCCCC1. The van der Waals surface area contributed by atoms with Crippen molar-refractivity contribution < 1.29 is 0 Å². The quantitative estimate of drug-likeness (QED) is 0.646. The van der Waals surface area contributed by atoms with E-state index in [1.807, 2.05) is 0 Å². The van der Waals surface area contributed by atoms with E-state index < -0.39 is 0 Å². The van der Waals surface area contributed by atoms with Crippen LogP contribution < -0.4 is 11.3 Å². The second kappa shape index (κ2) is 6.73. The number of hydrogen-bond acceptors (Lipinski definition) is 3. The Morgan fingerprint density at radius 2 is 1.86 bits per heavy atom. The molecule has 1 aliphatic rings. The van der Waals surface area contributed by atoms with E-state index >= 15 is 0 Å². The van der Waals surface area contributed by atoms with Crippen LogP contribution >= 0.6 is 11.3 Å². The van der Waals surface area contributed by atoms with Crippen LogP contribution in [-0.4, -0.2) is 6.04 Å². The zero-order valence-corrected chi connectivity index (χ0v) is 13.2. The van der Waals surface area contributed by atoms with Gasteiger partial charge in [0.1, 0.15) is 0 Å². The van der Waals surface area contributed by atoms with Crippen LogP contribution in [0.2, 0.25) is 0 Å². The van der Waals surface area contributed by atoms with Crippen molar-refractivity contribution in [2.75, 3.05) is 0 Å². The maximum absolute atomic E-state index is 6.00. The molecule has 1 atom stereocenters. The van der Waals surface area contributed by atoms with Gasteiger partial charge in [0.15, 0.2) is 0 Å². The number of hydrogen-bond donors (Lipinski definition) is 2. The van der Waals surface area contributed by atoms with E-state index in [2.05, 4.69) is 52.6 Å². The smallest absolute Gasteiger partial charge is 0.0347 e. The van der Waals surface area contributed by atoms with E-state index in [1.165, 1.54) is 43.2 Å². The van der Waals surface area contributed by atoms with E-state index in [1.54, 1.807) is 11.3 Å². The molecule has 1 fully saturated rings. The van der Waals surface area contributed by atoms with Gasteiger partial charge in [0.05, 0.1) is 0 Å². The molecule has 1 unspecified atom stereocenters. The first-order chi connectivity index (χ1) is 10.3. The summed E-state index contributed by atoms with van der Waals surface area (Å²) in [6.45, 7) is 0. The maximum Gasteiger partial charge on any atom is 0.0347 e. The van der Waals surface area contributed by atoms with E-state index in [9.17, 15) is 0 Å². The predicted octanol–water partition coefficient (Wildman–Crippen LogP) is 4.02. The maximum atomic E-state index is 6.00. The second-order valence-corrected chi connectivity index (χ2v) is 6.92. The van der Waals surface area contributed by atoms with E-state index in [0.29, 0.717) is 6.04 Å². The lowest BCUT2D eigenvalue weighted by atomic mass is 9.64. The van der Waals surface area contributed by atoms with Gasteiger partial charge in [0, 0.05) is 11.5 Å². The van der Waals surface area contributed by atoms with Gasteiger partial charge in [0.25, 0.3) is 0 Å². The molecule has 3 rings (SSSR count). The Morgan fingerprint density at radius 3 is 2.48 bits per heavy atom. The summed E-state index contributed by atoms with van der Waals surface area (Å²) in [7, 11) is 0. The summed E-state index contributed by atoms with van der Waals surface area (Å²) in [5.74, 6) is 6.00. The Labute approximate surface area is 131 Å². The Bertz CT molecular complexity index is 530. The van der Waals surface area contributed by atoms with Crippen molar-refractivity contribution in [2.45, 2.75) is 50.0 Å². The first kappa shape index (κ1) is 14.8. The van der Waals surface area contributed by atoms with Crippen LogP contribution in [0.4, 0.5) is 0 Å². The minimum absolute atomic E-state index is 0.177. The Balaban J connectivity index is 1.93. The summed E-state index contributed by atoms with van der Waals surface area (Å²) in [5.41, 5.74) is 6.17. The largest absolute Gasteiger partial charge is 0.271 e. The van der Waals surface area contributed by atoms with Gasteiger partial charge < -0.3 is 0 Å². The van der Waals surface area contributed by atoms with Crippen molar-refractivity contribution in [1.82, 2.24) is 5.43 Å². The van der Waals surface area contributed by atoms with Crippen molar-refractivity contribution in [1.29, 1.82) is 0 Å². The molecule has 112 valence electrons. The number of rotatable bonds is 5. The zero-order valence-electron chi connectivity index (χ0n) is 12.4. The molecular weight excluding hydrogens is 276 g/mol. The van der Waals surface area contributed by atoms with Gasteiger partial charge in [-0.25, -0.2) is 0 Å². The Kier molecular flexibility index (Phi) is 4.73. The van der Waals surface area contributed by atoms with E-state index in [0.717, 1.165) is 6.42 Å². The van der Waals surface area contributed by atoms with Crippen LogP contribution in [0.5, 0.6) is 0 Å². The van der Waals surface area contributed by atoms with Crippen molar-refractivity contribution in [2.24, 2.45) is 5.84 Å². The zero-order chi connectivity index (χ0) is 14.5. The molecule has 3 heteroatoms. The first-order valence-electron chi connectivity index (χ1n) is 7.88. The third-order valence-electron chi connectivity index (χ3n) is 4.98. The number of benzene rings is 1. The molecule has 1 aromatic heterocycles. The van der Waals surface area contributed by atoms with Gasteiger partial charge in [-0.05, 0) is 47.2 Å². The minimum Gasteiger partial charge on any atom is -0.271 e. The highest BCUT2D eigenvalue weighted by Crippen LogP contribution is 2.43. The monoisotopic (exact) mass is 300 g/mol. The van der Waals surface area contributed by atoms with Crippen molar-refractivity contribution >= 4 is 11.3 Å². The summed E-state index contributed by atoms with van der Waals surface area (Å²) >= 11 is 1.76. The summed E-state index contributed by atoms with van der Waals surface area (Å²) in [6, 6.07) is 13.5. The number of hydrazine groups is 1. The van der Waals surface area contributed by atoms with Crippen LogP contribution in [0.15, 0.2) is 47.2 Å². The van der Waals surface area contributed by atoms with E-state index in [-0.39, 0.29) is 5.41 Å². The van der Waals surface area contributed by atoms with Gasteiger partial charge >= 0.3 is 0 Å². The highest BCUT2D eigenvalue weighted by molar-refractivity contribution is 7.07. The molecule has 1 saturated carbocycles. The predicted molar refractivity (Wildman–Crippen MR) is 90.3 cm³/mol. The lowest BCUT2D eigenvalue weighted by molar-refractivity contribution is 0.211. The fourth-order valence-corrected chi connectivity index (χ4v) is 4.53. The normalized spacial score (nSPS) is 19.3. The molecule has 0 bridgehead atoms. The topological polar surface area (TPSA) is 38.0 Å². The van der Waals surface area contributed by atoms with Crippen LogP contribution in [0, 0.1) is 0 Å². The molecule has 3 N–H and O–H groups in total. The number of nitrogens with one attached hydrogen (secondary N) is 1. The highest BCUT2D eigenvalue weighted by Gasteiger charge is 2.40. The van der Waals surface area contributed by atoms with Crippen LogP contribution in [0.1, 0.15) is 43.2 Å². The molecule has 1 heterocycles. The number of thiophene rings is 1. The van der Waals surface area contributed by atoms with Crippen molar-refractivity contribution in [3.8, 4) is 0 Å². The number of nitrogens with two attached hydrogens (primary N) is 1. The highest BCUT2D eigenvalue weighted by atomic mass is 32.1. The molecule has 21 heavy (non-hydrogen) atoms. The molecular formula is C18H24N2S. The molecule has 2 nitrogen and oxygen atoms in total. The average Bonchev–Trinajstić information content (AvgIpc) is 3.07. The lowest BCUT2D eigenvalue weighted by Crippen LogP contribution is -2.53. The van der Waals surface area contributed by atoms with Gasteiger partial charge in [0.2, 0.25) is 0 Å². The Hall–Kier alpha value is -1.16. The molecule has 0 saturated heterocycles. The van der Waals surface area contributed by atoms with E-state index in [4.69, 9.17) is 5.84 Å². The third-order valence-corrected chi connectivity index (χ3v) is 5.71. The summed E-state index contributed by atoms with van der Waals surface area (Å²) in [5, 5.41) is 4.39. The van der Waals surface area contributed by atoms with Crippen LogP contribution in [-0.2, 0) is 11.8 Å². The van der Waals surface area contributed by atoms with Crippen LogP contribution in [0.25, 0.3) is 0 Å². The second-order valence-electron chi connectivity index (χ2n) is 6.14. The molecule has 0 radical (unpaired) electrons. The van der Waals surface area contributed by atoms with Gasteiger partial charge in [-0.1, -0.05) is 49.6 Å². The van der Waals surface area contributed by atoms with Gasteiger partial charge in [-0.2, -0.15) is 11.3 Å². The standard InChI is InChI=1S/C18H24N2S/c19-20-17(13-15-9-12-21-14-15)18(10-5-2-6-11-18)16-7-3-1-4-8-16/h1,3-4,7-9,12,14,17,20H,2,5-6,10-11,13,19H2. The summed E-state index contributed by atoms with van der Waals surface area (Å²) in [6.07, 6.45) is 7.43. The minimum atomic E-state index is 0.177. The summed E-state index contributed by atoms with van der Waals surface area (Å²) in [4.78, 5) is 0.